The van der Waals surface area contributed by atoms with Gasteiger partial charge in [0, 0.05) is 6.54 Å². The van der Waals surface area contributed by atoms with E-state index in [9.17, 15) is 9.90 Å². The molecular weight excluding hydrogens is 232 g/mol. The first-order chi connectivity index (χ1) is 7.27. The summed E-state index contributed by atoms with van der Waals surface area (Å²) in [7, 11) is 0. The molecule has 0 aromatic rings. The van der Waals surface area contributed by atoms with Crippen LogP contribution in [0, 0.1) is 5.41 Å². The number of hydrogen-bond acceptors (Lipinski definition) is 3. The molecule has 5 nitrogen and oxygen atoms in total. The summed E-state index contributed by atoms with van der Waals surface area (Å²) < 4.78 is 0. The maximum absolute atomic E-state index is 11.2. The van der Waals surface area contributed by atoms with E-state index in [-0.39, 0.29) is 5.17 Å². The molecule has 1 aliphatic heterocycles. The van der Waals surface area contributed by atoms with Crippen LogP contribution in [0.4, 0.5) is 4.79 Å². The van der Waals surface area contributed by atoms with Crippen LogP contribution in [-0.2, 0) is 0 Å². The molecule has 0 aliphatic carbocycles. The first-order valence-electron chi connectivity index (χ1n) is 5.16. The van der Waals surface area contributed by atoms with E-state index in [1.807, 2.05) is 20.8 Å². The van der Waals surface area contributed by atoms with Gasteiger partial charge < -0.3 is 10.3 Å². The molecule has 1 amide bonds. The number of oxime groups is 1. The molecule has 1 rings (SSSR count). The number of carboxylic acid groups (broad SMARTS) is 1. The summed E-state index contributed by atoms with van der Waals surface area (Å²) in [6, 6.07) is 0. The molecule has 0 spiro atoms. The Morgan fingerprint density at radius 3 is 2.44 bits per heavy atom. The predicted molar refractivity (Wildman–Crippen MR) is 61.2 cm³/mol. The molecular formula is C10H17ClN2O3. The van der Waals surface area contributed by atoms with Crippen molar-refractivity contribution in [1.82, 2.24) is 4.90 Å². The molecule has 92 valence electrons. The van der Waals surface area contributed by atoms with Crippen molar-refractivity contribution in [3.8, 4) is 0 Å². The van der Waals surface area contributed by atoms with Gasteiger partial charge in [-0.15, -0.1) is 0 Å². The largest absolute Gasteiger partial charge is 0.465 e. The number of amides is 1. The minimum Gasteiger partial charge on any atom is -0.465 e. The quantitative estimate of drug-likeness (QED) is 0.426. The Hall–Kier alpha value is -0.970. The van der Waals surface area contributed by atoms with Crippen molar-refractivity contribution in [3.05, 3.63) is 0 Å². The second-order valence-corrected chi connectivity index (χ2v) is 5.40. The highest BCUT2D eigenvalue weighted by Gasteiger charge is 2.55. The fraction of sp³-hybridized carbons (Fsp3) is 0.800. The van der Waals surface area contributed by atoms with E-state index >= 15 is 0 Å². The van der Waals surface area contributed by atoms with Gasteiger partial charge in [0.15, 0.2) is 5.17 Å². The standard InChI is InChI=1S/C10H17ClN2O3/c1-9(2,3)10(7(11)12-16)5-4-6-13(10)8(14)15/h16H,4-6H2,1-3H3,(H,14,15)/b12-7+/t10-/m1/s1. The van der Waals surface area contributed by atoms with E-state index in [1.165, 1.54) is 4.90 Å². The Bertz CT molecular complexity index is 325. The number of hydrogen-bond donors (Lipinski definition) is 2. The van der Waals surface area contributed by atoms with Crippen molar-refractivity contribution < 1.29 is 15.1 Å². The maximum atomic E-state index is 11.2. The lowest BCUT2D eigenvalue weighted by molar-refractivity contribution is 0.0758. The van der Waals surface area contributed by atoms with Crippen LogP contribution in [0.2, 0.25) is 0 Å². The maximum Gasteiger partial charge on any atom is 0.408 e. The van der Waals surface area contributed by atoms with Gasteiger partial charge in [-0.2, -0.15) is 0 Å². The molecule has 0 saturated carbocycles. The molecule has 0 bridgehead atoms. The van der Waals surface area contributed by atoms with Gasteiger partial charge in [-0.05, 0) is 18.3 Å². The number of likely N-dealkylation sites (tertiary alicyclic amines) is 1. The Balaban J connectivity index is 3.30. The van der Waals surface area contributed by atoms with Crippen LogP contribution in [-0.4, -0.2) is 38.6 Å². The smallest absolute Gasteiger partial charge is 0.408 e. The van der Waals surface area contributed by atoms with Crippen LogP contribution >= 0.6 is 11.6 Å². The third kappa shape index (κ3) is 1.73. The lowest BCUT2D eigenvalue weighted by Gasteiger charge is -2.45. The van der Waals surface area contributed by atoms with Crippen LogP contribution < -0.4 is 0 Å². The van der Waals surface area contributed by atoms with Crippen LogP contribution in [0.15, 0.2) is 5.16 Å². The summed E-state index contributed by atoms with van der Waals surface area (Å²) in [5.74, 6) is 0. The number of rotatable bonds is 1. The monoisotopic (exact) mass is 248 g/mol. The highest BCUT2D eigenvalue weighted by atomic mass is 35.5. The van der Waals surface area contributed by atoms with E-state index in [2.05, 4.69) is 5.16 Å². The van der Waals surface area contributed by atoms with Gasteiger partial charge in [0.2, 0.25) is 0 Å². The van der Waals surface area contributed by atoms with Gasteiger partial charge in [-0.3, -0.25) is 4.90 Å². The summed E-state index contributed by atoms with van der Waals surface area (Å²) in [4.78, 5) is 12.5. The zero-order valence-electron chi connectivity index (χ0n) is 9.70. The lowest BCUT2D eigenvalue weighted by Crippen LogP contribution is -2.59. The molecule has 0 aromatic carbocycles. The van der Waals surface area contributed by atoms with Gasteiger partial charge in [0.05, 0.1) is 0 Å². The number of carbonyl (C=O) groups is 1. The number of halogens is 1. The molecule has 2 N–H and O–H groups in total. The molecule has 1 atom stereocenters. The Morgan fingerprint density at radius 2 is 2.06 bits per heavy atom. The topological polar surface area (TPSA) is 73.1 Å². The van der Waals surface area contributed by atoms with Crippen molar-refractivity contribution in [3.63, 3.8) is 0 Å². The third-order valence-corrected chi connectivity index (χ3v) is 3.67. The molecule has 0 radical (unpaired) electrons. The van der Waals surface area contributed by atoms with Crippen LogP contribution in [0.3, 0.4) is 0 Å². The fourth-order valence-electron chi connectivity index (χ4n) is 2.46. The third-order valence-electron chi connectivity index (χ3n) is 3.28. The van der Waals surface area contributed by atoms with Gasteiger partial charge >= 0.3 is 6.09 Å². The first-order valence-corrected chi connectivity index (χ1v) is 5.54. The summed E-state index contributed by atoms with van der Waals surface area (Å²) in [5, 5.41) is 21.0. The van der Waals surface area contributed by atoms with Crippen molar-refractivity contribution in [2.24, 2.45) is 10.6 Å². The summed E-state index contributed by atoms with van der Waals surface area (Å²) in [5.41, 5.74) is -1.35. The van der Waals surface area contributed by atoms with E-state index in [0.29, 0.717) is 13.0 Å². The van der Waals surface area contributed by atoms with E-state index in [4.69, 9.17) is 16.8 Å². The van der Waals surface area contributed by atoms with Crippen molar-refractivity contribution in [1.29, 1.82) is 0 Å². The molecule has 1 saturated heterocycles. The van der Waals surface area contributed by atoms with Crippen molar-refractivity contribution >= 4 is 22.9 Å². The first kappa shape index (κ1) is 13.1. The fourth-order valence-corrected chi connectivity index (χ4v) is 2.94. The van der Waals surface area contributed by atoms with Crippen molar-refractivity contribution in [2.75, 3.05) is 6.54 Å². The molecule has 0 unspecified atom stereocenters. The molecule has 6 heteroatoms. The zero-order valence-corrected chi connectivity index (χ0v) is 10.5. The number of nitrogens with zero attached hydrogens (tertiary/aromatic N) is 2. The minimum atomic E-state index is -1.03. The molecule has 0 aromatic heterocycles. The van der Waals surface area contributed by atoms with E-state index in [1.54, 1.807) is 0 Å². The Kier molecular flexibility index (Phi) is 3.38. The average molecular weight is 249 g/mol. The summed E-state index contributed by atoms with van der Waals surface area (Å²) >= 11 is 5.95. The van der Waals surface area contributed by atoms with E-state index in [0.717, 1.165) is 6.42 Å². The molecule has 1 heterocycles. The predicted octanol–water partition coefficient (Wildman–Crippen LogP) is 2.57. The van der Waals surface area contributed by atoms with Gasteiger partial charge in [0.25, 0.3) is 0 Å². The van der Waals surface area contributed by atoms with Crippen LogP contribution in [0.25, 0.3) is 0 Å². The van der Waals surface area contributed by atoms with E-state index < -0.39 is 17.0 Å². The molecule has 1 fully saturated rings. The SMILES string of the molecule is CC(C)(C)[C@]1(/C(Cl)=N\O)CCCN1C(=O)O. The molecule has 16 heavy (non-hydrogen) atoms. The van der Waals surface area contributed by atoms with Crippen molar-refractivity contribution in [2.45, 2.75) is 39.2 Å². The Labute approximate surface area is 99.7 Å². The molecule has 1 aliphatic rings. The van der Waals surface area contributed by atoms with Crippen LogP contribution in [0.5, 0.6) is 0 Å². The second-order valence-electron chi connectivity index (χ2n) is 5.04. The van der Waals surface area contributed by atoms with Gasteiger partial charge in [-0.1, -0.05) is 37.5 Å². The van der Waals surface area contributed by atoms with Gasteiger partial charge in [-0.25, -0.2) is 4.79 Å². The average Bonchev–Trinajstić information content (AvgIpc) is 2.60. The normalized spacial score (nSPS) is 27.2. The van der Waals surface area contributed by atoms with Crippen LogP contribution in [0.1, 0.15) is 33.6 Å². The highest BCUT2D eigenvalue weighted by molar-refractivity contribution is 6.67. The summed E-state index contributed by atoms with van der Waals surface area (Å²) in [6.07, 6.45) is 0.260. The highest BCUT2D eigenvalue weighted by Crippen LogP contribution is 2.45. The van der Waals surface area contributed by atoms with Gasteiger partial charge in [0.1, 0.15) is 5.54 Å². The Morgan fingerprint density at radius 1 is 1.50 bits per heavy atom. The minimum absolute atomic E-state index is 0.0556. The second kappa shape index (κ2) is 4.13. The lowest BCUT2D eigenvalue weighted by atomic mass is 9.72. The summed E-state index contributed by atoms with van der Waals surface area (Å²) in [6.45, 7) is 6.09. The zero-order chi connectivity index (χ0) is 12.6.